The molecule has 0 aliphatic carbocycles. The number of para-hydroxylation sites is 4. The van der Waals surface area contributed by atoms with Crippen LogP contribution in [0.5, 0.6) is 23.0 Å². The molecule has 0 fully saturated rings. The van der Waals surface area contributed by atoms with Gasteiger partial charge in [0.2, 0.25) is 0 Å². The number of fused-ring (bicyclic) bond motifs is 2. The van der Waals surface area contributed by atoms with Crippen LogP contribution in [0.3, 0.4) is 0 Å². The predicted octanol–water partition coefficient (Wildman–Crippen LogP) is 11.8. The fourth-order valence-electron chi connectivity index (χ4n) is 7.53. The summed E-state index contributed by atoms with van der Waals surface area (Å²) >= 11 is 12.3. The molecule has 0 heterocycles. The van der Waals surface area contributed by atoms with Gasteiger partial charge in [0.1, 0.15) is 44.0 Å². The quantitative estimate of drug-likeness (QED) is 0.0260. The van der Waals surface area contributed by atoms with Crippen molar-refractivity contribution in [2.45, 2.75) is 37.5 Å². The molecule has 8 aromatic carbocycles. The van der Waals surface area contributed by atoms with E-state index < -0.39 is 53.3 Å². The minimum atomic E-state index is -4.71. The average molecular weight is 1220 g/mol. The molecule has 0 spiro atoms. The molecular weight excluding hydrogens is 1170 g/mol. The van der Waals surface area contributed by atoms with Crippen molar-refractivity contribution in [2.24, 2.45) is 25.4 Å². The molecule has 18 nitrogen and oxygen atoms in total. The Bertz CT molecular complexity index is 3830. The van der Waals surface area contributed by atoms with E-state index in [1.54, 1.807) is 104 Å². The third-order valence-electron chi connectivity index (χ3n) is 10.8. The molecule has 8 aromatic rings. The van der Waals surface area contributed by atoms with Crippen molar-refractivity contribution >= 4 is 160 Å². The van der Waals surface area contributed by atoms with E-state index >= 15 is 0 Å². The summed E-state index contributed by atoms with van der Waals surface area (Å²) in [6.07, 6.45) is 0. The van der Waals surface area contributed by atoms with Gasteiger partial charge in [-0.3, -0.25) is 18.9 Å². The molecule has 0 aliphatic heterocycles. The van der Waals surface area contributed by atoms with Crippen LogP contribution in [0, 0.1) is 13.8 Å². The Morgan fingerprint density at radius 3 is 1.60 bits per heavy atom. The summed E-state index contributed by atoms with van der Waals surface area (Å²) in [7, 11) is -9.39. The van der Waals surface area contributed by atoms with Crippen LogP contribution >= 0.6 is 23.2 Å². The number of ether oxygens (including phenoxy) is 2. The smallest absolute Gasteiger partial charge is 0.871 e. The molecule has 0 unspecified atom stereocenters. The minimum Gasteiger partial charge on any atom is -0.871 e. The second-order valence-electron chi connectivity index (χ2n) is 15.8. The first-order valence-electron chi connectivity index (χ1n) is 22.1. The maximum atomic E-state index is 13.4. The van der Waals surface area contributed by atoms with Gasteiger partial charge >= 0.3 is 48.9 Å². The van der Waals surface area contributed by atoms with Crippen molar-refractivity contribution in [1.29, 1.82) is 0 Å². The van der Waals surface area contributed by atoms with Gasteiger partial charge in [0.25, 0.3) is 26.1 Å². The zero-order valence-corrected chi connectivity index (χ0v) is 47.7. The van der Waals surface area contributed by atoms with Crippen LogP contribution in [-0.2, 0) is 20.2 Å². The van der Waals surface area contributed by atoms with E-state index in [2.05, 4.69) is 30.8 Å². The van der Waals surface area contributed by atoms with Crippen LogP contribution in [0.15, 0.2) is 169 Å². The predicted molar refractivity (Wildman–Crippen MR) is 284 cm³/mol. The number of hydrogen-bond donors (Lipinski definition) is 4. The summed E-state index contributed by atoms with van der Waals surface area (Å²) in [6.45, 7) is 7.29. The topological polar surface area (TPSA) is 284 Å². The van der Waals surface area contributed by atoms with Crippen LogP contribution in [0.1, 0.15) is 40.9 Å². The maximum absolute atomic E-state index is 13.4. The summed E-state index contributed by atoms with van der Waals surface area (Å²) in [5, 5.41) is 58.1. The molecule has 0 aliphatic rings. The van der Waals surface area contributed by atoms with Gasteiger partial charge in [-0.1, -0.05) is 114 Å². The molecule has 0 atom stereocenters. The molecular formula is C52H42BaCl2N6O12S2. The number of azo groups is 2. The van der Waals surface area contributed by atoms with Gasteiger partial charge in [0, 0.05) is 10.8 Å². The van der Waals surface area contributed by atoms with Gasteiger partial charge in [-0.15, -0.1) is 15.3 Å². The molecule has 4 N–H and O–H groups in total. The number of carbonyl (C=O) groups is 1. The number of aromatic hydroxyl groups is 1. The molecule has 75 heavy (non-hydrogen) atoms. The van der Waals surface area contributed by atoms with E-state index in [9.17, 15) is 46.1 Å². The Morgan fingerprint density at radius 2 is 1.05 bits per heavy atom. The number of aliphatic imine (C=N–C) groups is 1. The Labute approximate surface area is 481 Å². The number of phenolic OH excluding ortho intramolecular Hbond substituents is 1. The second kappa shape index (κ2) is 25.0. The Morgan fingerprint density at radius 1 is 0.613 bits per heavy atom. The summed E-state index contributed by atoms with van der Waals surface area (Å²) in [5.74, 6) is -1.83. The van der Waals surface area contributed by atoms with Crippen molar-refractivity contribution in [3.8, 4) is 23.0 Å². The third-order valence-corrected chi connectivity index (χ3v) is 13.5. The molecule has 0 saturated heterocycles. The first-order chi connectivity index (χ1) is 35.2. The van der Waals surface area contributed by atoms with Gasteiger partial charge in [-0.25, -0.2) is 0 Å². The monoisotopic (exact) mass is 1210 g/mol. The normalized spacial score (nSPS) is 11.9. The first-order valence-corrected chi connectivity index (χ1v) is 25.7. The summed E-state index contributed by atoms with van der Waals surface area (Å²) in [4.78, 5) is 16.3. The molecule has 8 rings (SSSR count). The number of hydrogen-bond acceptors (Lipinski definition) is 15. The molecule has 1 amide bonds. The molecule has 23 heteroatoms. The van der Waals surface area contributed by atoms with Crippen molar-refractivity contribution in [3.63, 3.8) is 0 Å². The minimum absolute atomic E-state index is 0. The van der Waals surface area contributed by atoms with E-state index in [1.165, 1.54) is 50.2 Å². The first kappa shape index (κ1) is 57.9. The molecule has 0 aromatic heterocycles. The number of benzene rings is 8. The van der Waals surface area contributed by atoms with Crippen LogP contribution in [-0.4, -0.2) is 105 Å². The van der Waals surface area contributed by atoms with Gasteiger partial charge in [-0.05, 0) is 110 Å². The Balaban J connectivity index is 0.000000241. The fraction of sp³-hybridized carbons (Fsp3) is 0.115. The molecule has 0 bridgehead atoms. The Hall–Kier alpha value is -6.41. The molecule has 0 radical (unpaired) electrons. The zero-order chi connectivity index (χ0) is 53.5. The van der Waals surface area contributed by atoms with Gasteiger partial charge in [-0.2, -0.15) is 21.9 Å². The molecule has 380 valence electrons. The van der Waals surface area contributed by atoms with Crippen molar-refractivity contribution in [3.05, 3.63) is 166 Å². The third kappa shape index (κ3) is 13.3. The summed E-state index contributed by atoms with van der Waals surface area (Å²) in [6, 6.07) is 35.6. The van der Waals surface area contributed by atoms with Crippen LogP contribution in [0.25, 0.3) is 21.5 Å². The number of amides is 1. The van der Waals surface area contributed by atoms with E-state index in [0.717, 1.165) is 0 Å². The van der Waals surface area contributed by atoms with Crippen molar-refractivity contribution < 1.29 is 55.5 Å². The second-order valence-corrected chi connectivity index (χ2v) is 19.3. The number of aryl methyl sites for hydroxylation is 2. The van der Waals surface area contributed by atoms with Crippen LogP contribution in [0.2, 0.25) is 10.0 Å². The maximum Gasteiger partial charge on any atom is 2.00 e. The number of nitrogens with one attached hydrogen (secondary N) is 1. The average Bonchev–Trinajstić information content (AvgIpc) is 3.35. The van der Waals surface area contributed by atoms with E-state index in [1.807, 2.05) is 6.92 Å². The number of rotatable bonds is 14. The van der Waals surface area contributed by atoms with E-state index in [-0.39, 0.29) is 110 Å². The standard InChI is InChI=1S/2C26H22ClN3O6S.Ba/c2*1-3-36-21-11-7-6-10-20(21)28-26(32)18-14-16-8-4-5-9-17(16)22(24(18)31)29-30-23-19(27)13-12-15(2)25(23)37(33,34)35;/h2*4-14,31H,3H2,1-2H3,(H,28,32)(H,33,34,35);/q;;+2/p-2. The largest absolute Gasteiger partial charge is 2.00 e. The van der Waals surface area contributed by atoms with Crippen LogP contribution in [0.4, 0.5) is 34.1 Å². The van der Waals surface area contributed by atoms with Gasteiger partial charge < -0.3 is 30.1 Å². The number of carbonyl (C=O) groups excluding carboxylic acids is 1. The summed E-state index contributed by atoms with van der Waals surface area (Å²) in [5.41, 5.74) is -0.223. The number of anilines is 1. The molecule has 0 saturated carbocycles. The number of nitrogens with zero attached hydrogens (tertiary/aromatic N) is 5. The van der Waals surface area contributed by atoms with Crippen molar-refractivity contribution in [2.75, 3.05) is 18.5 Å². The van der Waals surface area contributed by atoms with Gasteiger partial charge in [0.05, 0.1) is 40.2 Å². The summed E-state index contributed by atoms with van der Waals surface area (Å²) < 4.78 is 78.4. The van der Waals surface area contributed by atoms with Gasteiger partial charge in [0.15, 0.2) is 5.75 Å². The van der Waals surface area contributed by atoms with Crippen molar-refractivity contribution in [1.82, 2.24) is 0 Å². The number of phenols is 1. The SMILES string of the molecule is CCOc1ccccc1N=C([O-])c1cc2ccccc2c(N=Nc2c(Cl)ccc(C)c2S(=O)(=O)O)c1[O-].CCOc1ccccc1NC(=O)c1cc2ccccc2c(N=Nc2c(Cl)ccc(C)c2S(=O)(=O)O)c1O.[Ba+2]. The Kier molecular flexibility index (Phi) is 19.3. The van der Waals surface area contributed by atoms with E-state index in [4.69, 9.17) is 32.7 Å². The zero-order valence-electron chi connectivity index (χ0n) is 40.1. The number of halogens is 2. The van der Waals surface area contributed by atoms with Crippen LogP contribution < -0.4 is 25.0 Å². The van der Waals surface area contributed by atoms with E-state index in [0.29, 0.717) is 51.9 Å². The fourth-order valence-corrected chi connectivity index (χ4v) is 9.77.